The van der Waals surface area contributed by atoms with E-state index in [-0.39, 0.29) is 17.2 Å². The molecule has 0 atom stereocenters. The monoisotopic (exact) mass is 520 g/mol. The Hall–Kier alpha value is -2.88. The van der Waals surface area contributed by atoms with Gasteiger partial charge in [0.15, 0.2) is 11.5 Å². The van der Waals surface area contributed by atoms with Gasteiger partial charge in [-0.2, -0.15) is 5.26 Å². The number of nitriles is 1. The smallest absolute Gasteiger partial charge is 0.266 e. The van der Waals surface area contributed by atoms with Crippen molar-refractivity contribution in [1.82, 2.24) is 0 Å². The van der Waals surface area contributed by atoms with Gasteiger partial charge in [-0.1, -0.05) is 52.5 Å². The van der Waals surface area contributed by atoms with E-state index in [1.54, 1.807) is 54.6 Å². The van der Waals surface area contributed by atoms with Gasteiger partial charge >= 0.3 is 0 Å². The molecule has 1 N–H and O–H groups in total. The van der Waals surface area contributed by atoms with Gasteiger partial charge in [0.05, 0.1) is 12.1 Å². The quantitative estimate of drug-likeness (QED) is 0.259. The summed E-state index contributed by atoms with van der Waals surface area (Å²) in [6.07, 6.45) is 1.40. The van der Waals surface area contributed by atoms with Crippen LogP contribution in [0.2, 0.25) is 20.1 Å². The zero-order valence-corrected chi connectivity index (χ0v) is 20.2. The number of methoxy groups -OCH3 is 1. The van der Waals surface area contributed by atoms with Crippen LogP contribution < -0.4 is 14.8 Å². The van der Waals surface area contributed by atoms with Gasteiger partial charge in [0, 0.05) is 26.3 Å². The Balaban J connectivity index is 1.82. The standard InChI is InChI=1S/C24H16Cl4N2O3/c1-32-22-10-14(8-16(12-29)24(31)30-19-6-4-17(25)5-7-19)9-21(28)23(22)33-13-15-2-3-18(26)11-20(15)27/h2-11H,13H2,1H3,(H,30,31)/b16-8-. The van der Waals surface area contributed by atoms with Crippen molar-refractivity contribution in [2.24, 2.45) is 0 Å². The van der Waals surface area contributed by atoms with Crippen molar-refractivity contribution in [3.05, 3.63) is 91.4 Å². The van der Waals surface area contributed by atoms with Crippen molar-refractivity contribution >= 4 is 64.1 Å². The summed E-state index contributed by atoms with van der Waals surface area (Å²) >= 11 is 24.4. The van der Waals surface area contributed by atoms with E-state index in [2.05, 4.69) is 5.32 Å². The van der Waals surface area contributed by atoms with Crippen LogP contribution in [-0.4, -0.2) is 13.0 Å². The van der Waals surface area contributed by atoms with Crippen molar-refractivity contribution in [3.63, 3.8) is 0 Å². The first kappa shape index (κ1) is 24.8. The highest BCUT2D eigenvalue weighted by atomic mass is 35.5. The summed E-state index contributed by atoms with van der Waals surface area (Å²) in [4.78, 5) is 12.5. The number of anilines is 1. The Labute approximate surface area is 211 Å². The molecule has 0 aliphatic carbocycles. The van der Waals surface area contributed by atoms with E-state index in [0.29, 0.717) is 43.4 Å². The highest BCUT2D eigenvalue weighted by Gasteiger charge is 2.15. The zero-order valence-electron chi connectivity index (χ0n) is 17.2. The number of benzene rings is 3. The lowest BCUT2D eigenvalue weighted by molar-refractivity contribution is -0.112. The minimum Gasteiger partial charge on any atom is -0.493 e. The number of ether oxygens (including phenoxy) is 2. The molecule has 3 aromatic rings. The van der Waals surface area contributed by atoms with Crippen molar-refractivity contribution < 1.29 is 14.3 Å². The third kappa shape index (κ3) is 6.56. The number of nitrogens with one attached hydrogen (secondary N) is 1. The molecule has 0 aliphatic rings. The normalized spacial score (nSPS) is 11.0. The maximum atomic E-state index is 12.5. The Morgan fingerprint density at radius 3 is 2.33 bits per heavy atom. The molecule has 33 heavy (non-hydrogen) atoms. The Morgan fingerprint density at radius 2 is 1.70 bits per heavy atom. The first-order valence-corrected chi connectivity index (χ1v) is 10.9. The molecule has 0 saturated heterocycles. The summed E-state index contributed by atoms with van der Waals surface area (Å²) < 4.78 is 11.2. The summed E-state index contributed by atoms with van der Waals surface area (Å²) in [7, 11) is 1.46. The molecule has 0 aromatic heterocycles. The fourth-order valence-corrected chi connectivity index (χ4v) is 3.66. The molecule has 168 valence electrons. The molecule has 0 heterocycles. The summed E-state index contributed by atoms with van der Waals surface area (Å²) in [6.45, 7) is 0.133. The molecule has 0 bridgehead atoms. The highest BCUT2D eigenvalue weighted by Crippen LogP contribution is 2.38. The van der Waals surface area contributed by atoms with Gasteiger partial charge in [-0.15, -0.1) is 0 Å². The Morgan fingerprint density at radius 1 is 1.00 bits per heavy atom. The van der Waals surface area contributed by atoms with Crippen LogP contribution in [0.1, 0.15) is 11.1 Å². The molecule has 0 radical (unpaired) electrons. The first-order valence-electron chi connectivity index (χ1n) is 9.43. The predicted octanol–water partition coefficient (Wildman–Crippen LogP) is 7.43. The molecule has 9 heteroatoms. The maximum absolute atomic E-state index is 12.5. The second-order valence-corrected chi connectivity index (χ2v) is 8.38. The van der Waals surface area contributed by atoms with Gasteiger partial charge in [-0.05, 0) is 60.2 Å². The zero-order chi connectivity index (χ0) is 24.0. The lowest BCUT2D eigenvalue weighted by Crippen LogP contribution is -2.13. The molecule has 3 aromatic carbocycles. The molecule has 5 nitrogen and oxygen atoms in total. The molecule has 0 saturated carbocycles. The summed E-state index contributed by atoms with van der Waals surface area (Å²) in [5.74, 6) is 0.0494. The van der Waals surface area contributed by atoms with Crippen LogP contribution in [0.5, 0.6) is 11.5 Å². The molecule has 0 aliphatic heterocycles. The average molecular weight is 522 g/mol. The Bertz CT molecular complexity index is 1250. The van der Waals surface area contributed by atoms with Gasteiger partial charge in [0.1, 0.15) is 18.2 Å². The molecule has 1 amide bonds. The number of hydrogen-bond donors (Lipinski definition) is 1. The van der Waals surface area contributed by atoms with Crippen molar-refractivity contribution in [2.75, 3.05) is 12.4 Å². The molecule has 0 unspecified atom stereocenters. The van der Waals surface area contributed by atoms with Crippen molar-refractivity contribution in [1.29, 1.82) is 5.26 Å². The van der Waals surface area contributed by atoms with E-state index in [9.17, 15) is 10.1 Å². The van der Waals surface area contributed by atoms with Gasteiger partial charge in [0.2, 0.25) is 0 Å². The minimum absolute atomic E-state index is 0.121. The number of halogens is 4. The summed E-state index contributed by atoms with van der Waals surface area (Å²) in [5, 5.41) is 13.9. The number of carbonyl (C=O) groups is 1. The highest BCUT2D eigenvalue weighted by molar-refractivity contribution is 6.35. The molecule has 3 rings (SSSR count). The number of nitrogens with zero attached hydrogens (tertiary/aromatic N) is 1. The molecule has 0 spiro atoms. The van der Waals surface area contributed by atoms with Gasteiger partial charge < -0.3 is 14.8 Å². The summed E-state index contributed by atoms with van der Waals surface area (Å²) in [5.41, 5.74) is 1.58. The first-order chi connectivity index (χ1) is 15.8. The molecular formula is C24H16Cl4N2O3. The van der Waals surface area contributed by atoms with E-state index in [1.807, 2.05) is 6.07 Å². The second-order valence-electron chi connectivity index (χ2n) is 6.69. The lowest BCUT2D eigenvalue weighted by atomic mass is 10.1. The van der Waals surface area contributed by atoms with E-state index in [4.69, 9.17) is 55.9 Å². The number of carbonyl (C=O) groups excluding carboxylic acids is 1. The number of hydrogen-bond acceptors (Lipinski definition) is 4. The molecular weight excluding hydrogens is 506 g/mol. The SMILES string of the molecule is COc1cc(/C=C(/C#N)C(=O)Nc2ccc(Cl)cc2)cc(Cl)c1OCc1ccc(Cl)cc1Cl. The third-order valence-electron chi connectivity index (χ3n) is 4.42. The minimum atomic E-state index is -0.576. The van der Waals surface area contributed by atoms with Crippen LogP contribution in [0.4, 0.5) is 5.69 Å². The van der Waals surface area contributed by atoms with Gasteiger partial charge in [-0.3, -0.25) is 4.79 Å². The maximum Gasteiger partial charge on any atom is 0.266 e. The van der Waals surface area contributed by atoms with Crippen LogP contribution in [-0.2, 0) is 11.4 Å². The van der Waals surface area contributed by atoms with Crippen LogP contribution in [0.15, 0.2) is 60.2 Å². The average Bonchev–Trinajstić information content (AvgIpc) is 2.78. The largest absolute Gasteiger partial charge is 0.493 e. The lowest BCUT2D eigenvalue weighted by Gasteiger charge is -2.14. The van der Waals surface area contributed by atoms with Crippen LogP contribution in [0.25, 0.3) is 6.08 Å². The van der Waals surface area contributed by atoms with E-state index in [1.165, 1.54) is 13.2 Å². The second kappa shape index (κ2) is 11.3. The fraction of sp³-hybridized carbons (Fsp3) is 0.0833. The van der Waals surface area contributed by atoms with Gasteiger partial charge in [0.25, 0.3) is 5.91 Å². The van der Waals surface area contributed by atoms with Crippen molar-refractivity contribution in [2.45, 2.75) is 6.61 Å². The number of rotatable bonds is 7. The van der Waals surface area contributed by atoms with Gasteiger partial charge in [-0.25, -0.2) is 0 Å². The van der Waals surface area contributed by atoms with E-state index >= 15 is 0 Å². The molecule has 0 fully saturated rings. The topological polar surface area (TPSA) is 71.3 Å². The van der Waals surface area contributed by atoms with Crippen LogP contribution in [0, 0.1) is 11.3 Å². The van der Waals surface area contributed by atoms with E-state index < -0.39 is 5.91 Å². The van der Waals surface area contributed by atoms with E-state index in [0.717, 1.165) is 0 Å². The van der Waals surface area contributed by atoms with Crippen molar-refractivity contribution in [3.8, 4) is 17.6 Å². The van der Waals surface area contributed by atoms with Crippen LogP contribution >= 0.6 is 46.4 Å². The fourth-order valence-electron chi connectivity index (χ4n) is 2.80. The summed E-state index contributed by atoms with van der Waals surface area (Å²) in [6, 6.07) is 16.7. The van der Waals surface area contributed by atoms with Crippen LogP contribution in [0.3, 0.4) is 0 Å². The number of amides is 1. The Kier molecular flexibility index (Phi) is 8.49. The predicted molar refractivity (Wildman–Crippen MR) is 132 cm³/mol. The third-order valence-corrected chi connectivity index (χ3v) is 5.54.